The molecule has 2 heteroatoms. The van der Waals surface area contributed by atoms with E-state index in [4.69, 9.17) is 0 Å². The molecule has 0 N–H and O–H groups in total. The Morgan fingerprint density at radius 2 is 0.770 bits per heavy atom. The van der Waals surface area contributed by atoms with Crippen LogP contribution in [0.25, 0.3) is 75.5 Å². The van der Waals surface area contributed by atoms with Gasteiger partial charge in [0.05, 0.1) is 11.1 Å². The third-order valence-electron chi connectivity index (χ3n) is 13.3. The smallest absolute Gasteiger partial charge is 0.0726 e. The van der Waals surface area contributed by atoms with Crippen LogP contribution in [0.1, 0.15) is 22.3 Å². The fourth-order valence-corrected chi connectivity index (χ4v) is 11.8. The average Bonchev–Trinajstić information content (AvgIpc) is 4.03. The summed E-state index contributed by atoms with van der Waals surface area (Å²) in [6.07, 6.45) is 0. The Labute approximate surface area is 359 Å². The van der Waals surface area contributed by atoms with E-state index in [2.05, 4.69) is 229 Å². The van der Waals surface area contributed by atoms with Gasteiger partial charge >= 0.3 is 0 Å². The molecular weight excluding hydrogens is 755 g/mol. The zero-order valence-electron chi connectivity index (χ0n) is 33.2. The van der Waals surface area contributed by atoms with E-state index in [1.807, 2.05) is 11.3 Å². The number of hydrogen-bond acceptors (Lipinski definition) is 2. The monoisotopic (exact) mass is 791 g/mol. The van der Waals surface area contributed by atoms with E-state index in [-0.39, 0.29) is 0 Å². The second-order valence-corrected chi connectivity index (χ2v) is 17.4. The van der Waals surface area contributed by atoms with Crippen molar-refractivity contribution in [3.8, 4) is 43.1 Å². The molecule has 61 heavy (non-hydrogen) atoms. The summed E-state index contributed by atoms with van der Waals surface area (Å²) in [4.78, 5) is 5.05. The molecule has 0 aliphatic heterocycles. The first-order chi connectivity index (χ1) is 30.3. The molecule has 0 unspecified atom stereocenters. The van der Waals surface area contributed by atoms with Crippen LogP contribution in [0.2, 0.25) is 0 Å². The van der Waals surface area contributed by atoms with Gasteiger partial charge in [-0.25, -0.2) is 0 Å². The Morgan fingerprint density at radius 1 is 0.311 bits per heavy atom. The minimum Gasteiger partial charge on any atom is -0.310 e. The lowest BCUT2D eigenvalue weighted by atomic mass is 9.70. The summed E-state index contributed by atoms with van der Waals surface area (Å²) >= 11 is 1.84. The van der Waals surface area contributed by atoms with E-state index < -0.39 is 5.41 Å². The molecule has 284 valence electrons. The van der Waals surface area contributed by atoms with E-state index >= 15 is 0 Å². The van der Waals surface area contributed by atoms with Crippen LogP contribution in [0.5, 0.6) is 0 Å². The van der Waals surface area contributed by atoms with Gasteiger partial charge in [-0.3, -0.25) is 0 Å². The quantitative estimate of drug-likeness (QED) is 0.157. The Hall–Kier alpha value is -7.52. The SMILES string of the molecule is c1ccc(-c2ccc(-c3ccc(N(c4ccc5c6ccccc6c6ccccc6c5c4)c4cccc5c4-c4ccccc4C54c5ccccc5-c5ccccc54)cc3)s2)cc1. The predicted octanol–water partition coefficient (Wildman–Crippen LogP) is 16.4. The van der Waals surface area contributed by atoms with Crippen molar-refractivity contribution < 1.29 is 0 Å². The lowest BCUT2D eigenvalue weighted by molar-refractivity contribution is 0.794. The highest BCUT2D eigenvalue weighted by atomic mass is 32.1. The van der Waals surface area contributed by atoms with Gasteiger partial charge in [-0.2, -0.15) is 0 Å². The van der Waals surface area contributed by atoms with Crippen molar-refractivity contribution in [1.29, 1.82) is 0 Å². The predicted molar refractivity (Wildman–Crippen MR) is 259 cm³/mol. The lowest BCUT2D eigenvalue weighted by Crippen LogP contribution is -2.26. The highest BCUT2D eigenvalue weighted by Crippen LogP contribution is 2.64. The Kier molecular flexibility index (Phi) is 7.46. The van der Waals surface area contributed by atoms with Gasteiger partial charge in [0.25, 0.3) is 0 Å². The van der Waals surface area contributed by atoms with Crippen molar-refractivity contribution in [2.45, 2.75) is 5.41 Å². The number of hydrogen-bond donors (Lipinski definition) is 0. The fraction of sp³-hybridized carbons (Fsp3) is 0.0169. The summed E-state index contributed by atoms with van der Waals surface area (Å²) in [5, 5.41) is 7.63. The number of fused-ring (bicyclic) bond motifs is 16. The fourth-order valence-electron chi connectivity index (χ4n) is 10.8. The van der Waals surface area contributed by atoms with E-state index in [0.29, 0.717) is 0 Å². The molecule has 0 fully saturated rings. The molecule has 1 heterocycles. The van der Waals surface area contributed by atoms with Crippen LogP contribution >= 0.6 is 11.3 Å². The molecule has 11 aromatic rings. The molecule has 0 amide bonds. The maximum absolute atomic E-state index is 2.51. The summed E-state index contributed by atoms with van der Waals surface area (Å²) in [5.74, 6) is 0. The third kappa shape index (κ3) is 4.88. The van der Waals surface area contributed by atoms with Gasteiger partial charge in [0, 0.05) is 26.7 Å². The third-order valence-corrected chi connectivity index (χ3v) is 14.5. The summed E-state index contributed by atoms with van der Waals surface area (Å²) in [6, 6.07) is 83.5. The first kappa shape index (κ1) is 34.4. The van der Waals surface area contributed by atoms with E-state index in [9.17, 15) is 0 Å². The molecule has 0 radical (unpaired) electrons. The van der Waals surface area contributed by atoms with E-state index in [1.165, 1.54) is 103 Å². The van der Waals surface area contributed by atoms with Gasteiger partial charge in [0.1, 0.15) is 0 Å². The minimum atomic E-state index is -0.432. The Balaban J connectivity index is 1.06. The molecular formula is C59H37NS. The van der Waals surface area contributed by atoms with Crippen LogP contribution in [-0.4, -0.2) is 0 Å². The standard InChI is InChI=1S/C59H37NS/c1-2-15-38(16-3-1)56-35-36-57(61-56)39-29-31-40(32-30-39)60(41-33-34-46-44-19-5-4-17-42(44)43-18-6-7-20-45(43)50(46)37-41)55-28-14-27-54-58(55)49-23-10-13-26-53(49)59(54)51-24-11-8-21-47(51)48-22-9-12-25-52(48)59/h1-37H. The first-order valence-corrected chi connectivity index (χ1v) is 21.9. The van der Waals surface area contributed by atoms with Gasteiger partial charge in [-0.05, 0) is 125 Å². The van der Waals surface area contributed by atoms with Crippen LogP contribution < -0.4 is 4.90 Å². The molecule has 1 aromatic heterocycles. The van der Waals surface area contributed by atoms with Gasteiger partial charge < -0.3 is 4.90 Å². The van der Waals surface area contributed by atoms with Crippen LogP contribution in [0.3, 0.4) is 0 Å². The summed E-state index contributed by atoms with van der Waals surface area (Å²) in [6.45, 7) is 0. The van der Waals surface area contributed by atoms with Crippen molar-refractivity contribution in [2.24, 2.45) is 0 Å². The zero-order valence-corrected chi connectivity index (χ0v) is 34.0. The van der Waals surface area contributed by atoms with Crippen LogP contribution in [0.15, 0.2) is 224 Å². The van der Waals surface area contributed by atoms with E-state index in [1.54, 1.807) is 0 Å². The van der Waals surface area contributed by atoms with Crippen molar-refractivity contribution in [1.82, 2.24) is 0 Å². The maximum atomic E-state index is 2.51. The van der Waals surface area contributed by atoms with Crippen LogP contribution in [0.4, 0.5) is 17.1 Å². The van der Waals surface area contributed by atoms with Crippen LogP contribution in [-0.2, 0) is 5.41 Å². The highest BCUT2D eigenvalue weighted by molar-refractivity contribution is 7.18. The number of nitrogens with zero attached hydrogens (tertiary/aromatic N) is 1. The normalized spacial score (nSPS) is 13.0. The molecule has 0 atom stereocenters. The van der Waals surface area contributed by atoms with Crippen molar-refractivity contribution >= 4 is 60.7 Å². The lowest BCUT2D eigenvalue weighted by Gasteiger charge is -2.32. The van der Waals surface area contributed by atoms with Crippen molar-refractivity contribution in [3.05, 3.63) is 247 Å². The average molecular weight is 792 g/mol. The van der Waals surface area contributed by atoms with Gasteiger partial charge in [-0.15, -0.1) is 11.3 Å². The summed E-state index contributed by atoms with van der Waals surface area (Å²) in [5.41, 5.74) is 16.0. The molecule has 0 saturated heterocycles. The highest BCUT2D eigenvalue weighted by Gasteiger charge is 2.52. The van der Waals surface area contributed by atoms with Crippen LogP contribution in [0, 0.1) is 0 Å². The molecule has 0 saturated carbocycles. The summed E-state index contributed by atoms with van der Waals surface area (Å²) < 4.78 is 0. The molecule has 2 aliphatic carbocycles. The van der Waals surface area contributed by atoms with E-state index in [0.717, 1.165) is 11.4 Å². The van der Waals surface area contributed by atoms with Crippen molar-refractivity contribution in [3.63, 3.8) is 0 Å². The van der Waals surface area contributed by atoms with Crippen molar-refractivity contribution in [2.75, 3.05) is 4.90 Å². The van der Waals surface area contributed by atoms with Gasteiger partial charge in [0.2, 0.25) is 0 Å². The molecule has 1 spiro atoms. The minimum absolute atomic E-state index is 0.432. The largest absolute Gasteiger partial charge is 0.310 e. The molecule has 10 aromatic carbocycles. The molecule has 1 nitrogen and oxygen atoms in total. The van der Waals surface area contributed by atoms with Gasteiger partial charge in [0.15, 0.2) is 0 Å². The molecule has 13 rings (SSSR count). The molecule has 2 aliphatic rings. The maximum Gasteiger partial charge on any atom is 0.0726 e. The topological polar surface area (TPSA) is 3.24 Å². The Bertz CT molecular complexity index is 3460. The number of benzene rings is 10. The zero-order chi connectivity index (χ0) is 40.1. The van der Waals surface area contributed by atoms with Gasteiger partial charge in [-0.1, -0.05) is 182 Å². The second-order valence-electron chi connectivity index (χ2n) is 16.3. The molecule has 0 bridgehead atoms. The Morgan fingerprint density at radius 3 is 1.39 bits per heavy atom. The summed E-state index contributed by atoms with van der Waals surface area (Å²) in [7, 11) is 0. The number of anilines is 3. The second kappa shape index (κ2) is 13.2. The number of thiophene rings is 1. The first-order valence-electron chi connectivity index (χ1n) is 21.1. The number of rotatable bonds is 5.